The molecule has 1 N–H and O–H groups in total. The normalized spacial score (nSPS) is 10.5. The second-order valence-corrected chi connectivity index (χ2v) is 7.41. The van der Waals surface area contributed by atoms with E-state index in [2.05, 4.69) is 15.5 Å². The highest BCUT2D eigenvalue weighted by Gasteiger charge is 2.14. The first-order chi connectivity index (χ1) is 11.5. The number of hydrogen-bond donors (Lipinski definition) is 1. The average molecular weight is 406 g/mol. The Morgan fingerprint density at radius 1 is 1.29 bits per heavy atom. The van der Waals surface area contributed by atoms with Gasteiger partial charge in [0, 0.05) is 10.0 Å². The largest absolute Gasteiger partial charge is 0.465 e. The number of hydrogen-bond acceptors (Lipinski definition) is 7. The van der Waals surface area contributed by atoms with Gasteiger partial charge < -0.3 is 10.1 Å². The van der Waals surface area contributed by atoms with Crippen molar-refractivity contribution in [3.8, 4) is 0 Å². The van der Waals surface area contributed by atoms with Gasteiger partial charge in [0.15, 0.2) is 4.34 Å². The zero-order chi connectivity index (χ0) is 17.5. The number of anilines is 1. The van der Waals surface area contributed by atoms with Crippen LogP contribution < -0.4 is 5.32 Å². The lowest BCUT2D eigenvalue weighted by atomic mass is 10.1. The van der Waals surface area contributed by atoms with Crippen LogP contribution in [0.3, 0.4) is 0 Å². The van der Waals surface area contributed by atoms with Gasteiger partial charge in [0.05, 0.1) is 18.8 Å². The standard InChI is InChI=1S/C14H13Cl2N3O3S2/c1-2-22-12(21)7-23-14-19-18-13(24-14)17-11(20)6-8-9(15)4-3-5-10(8)16/h3-5H,2,6-7H2,1H3,(H,17,18,20). The molecule has 0 aliphatic heterocycles. The minimum Gasteiger partial charge on any atom is -0.465 e. The van der Waals surface area contributed by atoms with E-state index < -0.39 is 0 Å². The van der Waals surface area contributed by atoms with Crippen LogP contribution in [0.1, 0.15) is 12.5 Å². The molecule has 1 amide bonds. The Balaban J connectivity index is 1.90. The van der Waals surface area contributed by atoms with E-state index in [0.717, 1.165) is 0 Å². The van der Waals surface area contributed by atoms with Crippen molar-refractivity contribution >= 4 is 63.3 Å². The topological polar surface area (TPSA) is 81.2 Å². The highest BCUT2D eigenvalue weighted by molar-refractivity contribution is 8.01. The lowest BCUT2D eigenvalue weighted by Gasteiger charge is -2.06. The van der Waals surface area contributed by atoms with Crippen LogP contribution >= 0.6 is 46.3 Å². The predicted octanol–water partition coefficient (Wildman–Crippen LogP) is 3.68. The molecule has 0 unspecified atom stereocenters. The molecule has 1 aromatic heterocycles. The van der Waals surface area contributed by atoms with Crippen molar-refractivity contribution < 1.29 is 14.3 Å². The summed E-state index contributed by atoms with van der Waals surface area (Å²) < 4.78 is 5.39. The van der Waals surface area contributed by atoms with E-state index in [4.69, 9.17) is 27.9 Å². The smallest absolute Gasteiger partial charge is 0.316 e. The van der Waals surface area contributed by atoms with Crippen LogP contribution in [-0.2, 0) is 20.7 Å². The number of thioether (sulfide) groups is 1. The van der Waals surface area contributed by atoms with Crippen LogP contribution in [0.5, 0.6) is 0 Å². The van der Waals surface area contributed by atoms with Gasteiger partial charge in [-0.2, -0.15) is 0 Å². The van der Waals surface area contributed by atoms with Gasteiger partial charge in [-0.25, -0.2) is 0 Å². The predicted molar refractivity (Wildman–Crippen MR) is 96.1 cm³/mol. The molecule has 0 fully saturated rings. The molecule has 0 saturated carbocycles. The first-order valence-corrected chi connectivity index (χ1v) is 9.40. The van der Waals surface area contributed by atoms with Crippen molar-refractivity contribution in [2.75, 3.05) is 17.7 Å². The second-order valence-electron chi connectivity index (χ2n) is 4.39. The van der Waals surface area contributed by atoms with Crippen molar-refractivity contribution in [1.82, 2.24) is 10.2 Å². The summed E-state index contributed by atoms with van der Waals surface area (Å²) >= 11 is 14.5. The van der Waals surface area contributed by atoms with Crippen LogP contribution in [0.25, 0.3) is 0 Å². The van der Waals surface area contributed by atoms with Crippen molar-refractivity contribution in [3.05, 3.63) is 33.8 Å². The second kappa shape index (κ2) is 9.22. The molecule has 0 atom stereocenters. The molecule has 1 heterocycles. The third kappa shape index (κ3) is 5.62. The summed E-state index contributed by atoms with van der Waals surface area (Å²) in [6, 6.07) is 5.06. The summed E-state index contributed by atoms with van der Waals surface area (Å²) in [5.41, 5.74) is 0.555. The quantitative estimate of drug-likeness (QED) is 0.429. The molecule has 2 aromatic rings. The van der Waals surface area contributed by atoms with Gasteiger partial charge in [-0.3, -0.25) is 9.59 Å². The zero-order valence-electron chi connectivity index (χ0n) is 12.5. The molecule has 0 aliphatic rings. The highest BCUT2D eigenvalue weighted by Crippen LogP contribution is 2.27. The summed E-state index contributed by atoms with van der Waals surface area (Å²) in [7, 11) is 0. The molecule has 0 radical (unpaired) electrons. The molecule has 0 saturated heterocycles. The number of halogens is 2. The number of amides is 1. The van der Waals surface area contributed by atoms with E-state index in [9.17, 15) is 9.59 Å². The lowest BCUT2D eigenvalue weighted by Crippen LogP contribution is -2.14. The van der Waals surface area contributed by atoms with Crippen LogP contribution in [0, 0.1) is 0 Å². The van der Waals surface area contributed by atoms with Crippen LogP contribution in [0.15, 0.2) is 22.5 Å². The van der Waals surface area contributed by atoms with Crippen molar-refractivity contribution in [1.29, 1.82) is 0 Å². The van der Waals surface area contributed by atoms with Gasteiger partial charge in [-0.15, -0.1) is 10.2 Å². The van der Waals surface area contributed by atoms with E-state index in [1.807, 2.05) is 0 Å². The zero-order valence-corrected chi connectivity index (χ0v) is 15.7. The molecule has 0 bridgehead atoms. The fourth-order valence-corrected chi connectivity index (χ4v) is 3.76. The third-order valence-electron chi connectivity index (χ3n) is 2.67. The number of benzene rings is 1. The number of rotatable bonds is 7. The SMILES string of the molecule is CCOC(=O)CSc1nnc(NC(=O)Cc2c(Cl)cccc2Cl)s1. The Bertz CT molecular complexity index is 720. The molecule has 6 nitrogen and oxygen atoms in total. The summed E-state index contributed by atoms with van der Waals surface area (Å²) in [5.74, 6) is -0.481. The molecule has 0 aliphatic carbocycles. The minimum absolute atomic E-state index is 0.0311. The van der Waals surface area contributed by atoms with Crippen molar-refractivity contribution in [3.63, 3.8) is 0 Å². The first kappa shape index (κ1) is 19.0. The number of esters is 1. The first-order valence-electron chi connectivity index (χ1n) is 6.84. The Morgan fingerprint density at radius 3 is 2.67 bits per heavy atom. The maximum Gasteiger partial charge on any atom is 0.316 e. The maximum atomic E-state index is 12.1. The fraction of sp³-hybridized carbons (Fsp3) is 0.286. The molecule has 10 heteroatoms. The Morgan fingerprint density at radius 2 is 2.00 bits per heavy atom. The summed E-state index contributed by atoms with van der Waals surface area (Å²) in [6.07, 6.45) is 0.0311. The van der Waals surface area contributed by atoms with Crippen LogP contribution in [0.4, 0.5) is 5.13 Å². The Kier molecular flexibility index (Phi) is 7.29. The van der Waals surface area contributed by atoms with Gasteiger partial charge in [-0.05, 0) is 24.6 Å². The fourth-order valence-electron chi connectivity index (χ4n) is 1.67. The molecular formula is C14H13Cl2N3O3S2. The molecule has 2 rings (SSSR count). The molecule has 1 aromatic carbocycles. The average Bonchev–Trinajstić information content (AvgIpc) is 2.97. The Labute approximate surface area is 156 Å². The molecule has 24 heavy (non-hydrogen) atoms. The van der Waals surface area contributed by atoms with E-state index in [1.54, 1.807) is 25.1 Å². The van der Waals surface area contributed by atoms with Gasteiger partial charge in [-0.1, -0.05) is 52.4 Å². The minimum atomic E-state index is -0.323. The summed E-state index contributed by atoms with van der Waals surface area (Å²) in [5, 5.41) is 11.6. The molecule has 0 spiro atoms. The van der Waals surface area contributed by atoms with E-state index >= 15 is 0 Å². The van der Waals surface area contributed by atoms with Gasteiger partial charge in [0.2, 0.25) is 11.0 Å². The number of nitrogens with zero attached hydrogens (tertiary/aromatic N) is 2. The summed E-state index contributed by atoms with van der Waals surface area (Å²) in [6.45, 7) is 2.08. The van der Waals surface area contributed by atoms with Gasteiger partial charge in [0.25, 0.3) is 0 Å². The van der Waals surface area contributed by atoms with E-state index in [0.29, 0.717) is 31.7 Å². The molecular weight excluding hydrogens is 393 g/mol. The molecule has 128 valence electrons. The van der Waals surface area contributed by atoms with Gasteiger partial charge >= 0.3 is 5.97 Å². The van der Waals surface area contributed by atoms with E-state index in [1.165, 1.54) is 23.1 Å². The van der Waals surface area contributed by atoms with E-state index in [-0.39, 0.29) is 24.1 Å². The lowest BCUT2D eigenvalue weighted by molar-refractivity contribution is -0.139. The number of aromatic nitrogens is 2. The summed E-state index contributed by atoms with van der Waals surface area (Å²) in [4.78, 5) is 23.4. The highest BCUT2D eigenvalue weighted by atomic mass is 35.5. The number of ether oxygens (including phenoxy) is 1. The number of carbonyl (C=O) groups is 2. The van der Waals surface area contributed by atoms with Crippen LogP contribution in [0.2, 0.25) is 10.0 Å². The Hall–Kier alpha value is -1.35. The maximum absolute atomic E-state index is 12.1. The van der Waals surface area contributed by atoms with Crippen LogP contribution in [-0.4, -0.2) is 34.4 Å². The van der Waals surface area contributed by atoms with Gasteiger partial charge in [0.1, 0.15) is 0 Å². The third-order valence-corrected chi connectivity index (χ3v) is 5.32. The van der Waals surface area contributed by atoms with Crippen molar-refractivity contribution in [2.24, 2.45) is 0 Å². The monoisotopic (exact) mass is 405 g/mol. The number of carbonyl (C=O) groups excluding carboxylic acids is 2. The van der Waals surface area contributed by atoms with Crippen molar-refractivity contribution in [2.45, 2.75) is 17.7 Å². The number of nitrogens with one attached hydrogen (secondary N) is 1.